The second kappa shape index (κ2) is 6.58. The zero-order valence-corrected chi connectivity index (χ0v) is 11.6. The van der Waals surface area contributed by atoms with Crippen molar-refractivity contribution >= 4 is 0 Å². The summed E-state index contributed by atoms with van der Waals surface area (Å²) in [6.45, 7) is 1.86. The molecule has 2 aromatic rings. The molecule has 1 aromatic carbocycles. The minimum Gasteiger partial charge on any atom is -0.396 e. The first-order valence-corrected chi connectivity index (χ1v) is 6.79. The van der Waals surface area contributed by atoms with Gasteiger partial charge in [0, 0.05) is 11.8 Å². The summed E-state index contributed by atoms with van der Waals surface area (Å²) < 4.78 is 1.65. The first-order chi connectivity index (χ1) is 9.74. The first kappa shape index (κ1) is 14.6. The summed E-state index contributed by atoms with van der Waals surface area (Å²) in [5.41, 5.74) is 0.296. The lowest BCUT2D eigenvalue weighted by atomic mass is 9.81. The van der Waals surface area contributed by atoms with Gasteiger partial charge in [0.1, 0.15) is 0 Å². The molecule has 1 heterocycles. The van der Waals surface area contributed by atoms with Crippen LogP contribution in [0.4, 0.5) is 0 Å². The van der Waals surface area contributed by atoms with Gasteiger partial charge in [-0.25, -0.2) is 0 Å². The van der Waals surface area contributed by atoms with Crippen LogP contribution in [-0.2, 0) is 6.42 Å². The van der Waals surface area contributed by atoms with Crippen LogP contribution in [0, 0.1) is 5.41 Å². The smallest absolute Gasteiger partial charge is 0.157 e. The Balaban J connectivity index is 2.28. The van der Waals surface area contributed by atoms with Crippen LogP contribution in [0.15, 0.2) is 30.3 Å². The molecule has 0 aliphatic rings. The van der Waals surface area contributed by atoms with Gasteiger partial charge < -0.3 is 10.2 Å². The van der Waals surface area contributed by atoms with Crippen molar-refractivity contribution in [2.45, 2.75) is 26.2 Å². The van der Waals surface area contributed by atoms with E-state index >= 15 is 0 Å². The third-order valence-electron chi connectivity index (χ3n) is 3.52. The number of nitrogens with zero attached hydrogens (tertiary/aromatic N) is 4. The maximum absolute atomic E-state index is 9.63. The van der Waals surface area contributed by atoms with E-state index in [1.54, 1.807) is 4.68 Å². The van der Waals surface area contributed by atoms with Crippen LogP contribution in [0.3, 0.4) is 0 Å². The summed E-state index contributed by atoms with van der Waals surface area (Å²) in [5.74, 6) is 0.646. The Kier molecular flexibility index (Phi) is 4.81. The average molecular weight is 276 g/mol. The molecule has 6 heteroatoms. The summed E-state index contributed by atoms with van der Waals surface area (Å²) in [4.78, 5) is 0. The predicted octanol–water partition coefficient (Wildman–Crippen LogP) is 0.976. The molecule has 0 aliphatic heterocycles. The Morgan fingerprint density at radius 1 is 1.15 bits per heavy atom. The van der Waals surface area contributed by atoms with Crippen LogP contribution >= 0.6 is 0 Å². The second-order valence-corrected chi connectivity index (χ2v) is 5.09. The third-order valence-corrected chi connectivity index (χ3v) is 3.52. The van der Waals surface area contributed by atoms with Gasteiger partial charge in [0.25, 0.3) is 0 Å². The van der Waals surface area contributed by atoms with E-state index in [4.69, 9.17) is 0 Å². The fourth-order valence-corrected chi connectivity index (χ4v) is 2.36. The molecule has 0 spiro atoms. The Morgan fingerprint density at radius 3 is 2.45 bits per heavy atom. The van der Waals surface area contributed by atoms with Crippen molar-refractivity contribution in [3.63, 3.8) is 0 Å². The molecule has 0 saturated carbocycles. The van der Waals surface area contributed by atoms with Gasteiger partial charge in [-0.2, -0.15) is 4.68 Å². The highest BCUT2D eigenvalue weighted by molar-refractivity contribution is 5.30. The normalized spacial score (nSPS) is 11.8. The molecule has 0 saturated heterocycles. The van der Waals surface area contributed by atoms with Gasteiger partial charge in [-0.15, -0.1) is 5.10 Å². The number of hydrogen-bond acceptors (Lipinski definition) is 5. The molecule has 0 atom stereocenters. The van der Waals surface area contributed by atoms with Crippen LogP contribution in [-0.4, -0.2) is 43.6 Å². The molecule has 2 N–H and O–H groups in total. The van der Waals surface area contributed by atoms with E-state index in [1.165, 1.54) is 0 Å². The highest BCUT2D eigenvalue weighted by atomic mass is 16.3. The SMILES string of the molecule is CCCC(CO)(CO)Cc1nnnn1-c1ccccc1. The summed E-state index contributed by atoms with van der Waals surface area (Å²) in [6, 6.07) is 9.59. The topological polar surface area (TPSA) is 84.1 Å². The van der Waals surface area contributed by atoms with E-state index in [0.717, 1.165) is 18.5 Å². The summed E-state index contributed by atoms with van der Waals surface area (Å²) in [5, 5.41) is 31.0. The molecule has 0 radical (unpaired) electrons. The highest BCUT2D eigenvalue weighted by Crippen LogP contribution is 2.27. The monoisotopic (exact) mass is 276 g/mol. The average Bonchev–Trinajstić information content (AvgIpc) is 2.95. The van der Waals surface area contributed by atoms with E-state index < -0.39 is 5.41 Å². The fourth-order valence-electron chi connectivity index (χ4n) is 2.36. The number of rotatable bonds is 7. The minimum absolute atomic E-state index is 0.0843. The van der Waals surface area contributed by atoms with Gasteiger partial charge in [-0.3, -0.25) is 0 Å². The Labute approximate surface area is 118 Å². The predicted molar refractivity (Wildman–Crippen MR) is 74.4 cm³/mol. The zero-order valence-electron chi connectivity index (χ0n) is 11.6. The van der Waals surface area contributed by atoms with Gasteiger partial charge in [-0.05, 0) is 29.0 Å². The summed E-state index contributed by atoms with van der Waals surface area (Å²) in [6.07, 6.45) is 2.05. The highest BCUT2D eigenvalue weighted by Gasteiger charge is 2.30. The number of benzene rings is 1. The van der Waals surface area contributed by atoms with Crippen molar-refractivity contribution in [1.29, 1.82) is 0 Å². The van der Waals surface area contributed by atoms with E-state index in [0.29, 0.717) is 12.2 Å². The Morgan fingerprint density at radius 2 is 1.85 bits per heavy atom. The molecule has 0 amide bonds. The van der Waals surface area contributed by atoms with Gasteiger partial charge in [0.05, 0.1) is 18.9 Å². The van der Waals surface area contributed by atoms with Crippen molar-refractivity contribution in [2.24, 2.45) is 5.41 Å². The molecular formula is C14H20N4O2. The molecule has 108 valence electrons. The van der Waals surface area contributed by atoms with E-state index in [-0.39, 0.29) is 13.2 Å². The molecule has 2 rings (SSSR count). The lowest BCUT2D eigenvalue weighted by molar-refractivity contribution is 0.0445. The molecule has 0 aliphatic carbocycles. The minimum atomic E-state index is -0.573. The standard InChI is InChI=1S/C14H20N4O2/c1-2-8-14(10-19,11-20)9-13-15-16-17-18(13)12-6-4-3-5-7-12/h3-7,19-20H,2,8-11H2,1H3. The molecular weight excluding hydrogens is 256 g/mol. The molecule has 20 heavy (non-hydrogen) atoms. The van der Waals surface area contributed by atoms with E-state index in [2.05, 4.69) is 15.5 Å². The van der Waals surface area contributed by atoms with Crippen molar-refractivity contribution in [3.8, 4) is 5.69 Å². The number of hydrogen-bond donors (Lipinski definition) is 2. The number of para-hydroxylation sites is 1. The van der Waals surface area contributed by atoms with Gasteiger partial charge in [-0.1, -0.05) is 31.5 Å². The van der Waals surface area contributed by atoms with E-state index in [1.807, 2.05) is 37.3 Å². The van der Waals surface area contributed by atoms with Crippen LogP contribution < -0.4 is 0 Å². The van der Waals surface area contributed by atoms with Crippen molar-refractivity contribution in [1.82, 2.24) is 20.2 Å². The van der Waals surface area contributed by atoms with Gasteiger partial charge in [0.2, 0.25) is 0 Å². The number of tetrazole rings is 1. The number of aromatic nitrogens is 4. The third kappa shape index (κ3) is 3.02. The molecule has 6 nitrogen and oxygen atoms in total. The zero-order chi connectivity index (χ0) is 14.4. The lowest BCUT2D eigenvalue weighted by Gasteiger charge is -2.28. The van der Waals surface area contributed by atoms with Crippen molar-refractivity contribution < 1.29 is 10.2 Å². The first-order valence-electron chi connectivity index (χ1n) is 6.79. The van der Waals surface area contributed by atoms with Crippen LogP contribution in [0.1, 0.15) is 25.6 Å². The van der Waals surface area contributed by atoms with Crippen molar-refractivity contribution in [2.75, 3.05) is 13.2 Å². The lowest BCUT2D eigenvalue weighted by Crippen LogP contribution is -2.33. The second-order valence-electron chi connectivity index (χ2n) is 5.09. The Hall–Kier alpha value is -1.79. The Bertz CT molecular complexity index is 523. The molecule has 1 aromatic heterocycles. The molecule has 0 fully saturated rings. The number of aliphatic hydroxyl groups is 2. The number of aliphatic hydroxyl groups excluding tert-OH is 2. The quantitative estimate of drug-likeness (QED) is 0.787. The van der Waals surface area contributed by atoms with E-state index in [9.17, 15) is 10.2 Å². The fraction of sp³-hybridized carbons (Fsp3) is 0.500. The molecule has 0 bridgehead atoms. The van der Waals surface area contributed by atoms with Crippen LogP contribution in [0.2, 0.25) is 0 Å². The van der Waals surface area contributed by atoms with Crippen molar-refractivity contribution in [3.05, 3.63) is 36.2 Å². The van der Waals surface area contributed by atoms with Crippen LogP contribution in [0.5, 0.6) is 0 Å². The molecule has 0 unspecified atom stereocenters. The van der Waals surface area contributed by atoms with Gasteiger partial charge in [0.15, 0.2) is 5.82 Å². The summed E-state index contributed by atoms with van der Waals surface area (Å²) in [7, 11) is 0. The maximum Gasteiger partial charge on any atom is 0.157 e. The van der Waals surface area contributed by atoms with Gasteiger partial charge >= 0.3 is 0 Å². The van der Waals surface area contributed by atoms with Crippen LogP contribution in [0.25, 0.3) is 5.69 Å². The largest absolute Gasteiger partial charge is 0.396 e. The maximum atomic E-state index is 9.63. The summed E-state index contributed by atoms with van der Waals surface area (Å²) >= 11 is 0.